The van der Waals surface area contributed by atoms with Crippen LogP contribution in [0, 0.1) is 5.92 Å². The van der Waals surface area contributed by atoms with Crippen molar-refractivity contribution in [3.05, 3.63) is 35.4 Å². The highest BCUT2D eigenvalue weighted by molar-refractivity contribution is 5.73. The maximum absolute atomic E-state index is 11.8. The first kappa shape index (κ1) is 17.8. The molecular weight excluding hydrogens is 290 g/mol. The summed E-state index contributed by atoms with van der Waals surface area (Å²) < 4.78 is 0. The van der Waals surface area contributed by atoms with Gasteiger partial charge in [-0.2, -0.15) is 0 Å². The third kappa shape index (κ3) is 6.59. The Bertz CT molecular complexity index is 468. The maximum atomic E-state index is 11.8. The van der Waals surface area contributed by atoms with Crippen LogP contribution in [0.1, 0.15) is 30.4 Å². The molecule has 1 aromatic carbocycles. The molecule has 0 radical (unpaired) electrons. The van der Waals surface area contributed by atoms with Gasteiger partial charge in [0, 0.05) is 13.1 Å². The zero-order valence-corrected chi connectivity index (χ0v) is 14.1. The van der Waals surface area contributed by atoms with Crippen molar-refractivity contribution < 1.29 is 9.90 Å². The third-order valence-corrected chi connectivity index (χ3v) is 4.58. The van der Waals surface area contributed by atoms with Gasteiger partial charge in [-0.25, -0.2) is 4.79 Å². The molecule has 0 aromatic heterocycles. The molecule has 0 atom stereocenters. The summed E-state index contributed by atoms with van der Waals surface area (Å²) in [7, 11) is 2.17. The predicted octanol–water partition coefficient (Wildman–Crippen LogP) is 1.75. The Morgan fingerprint density at radius 3 is 2.39 bits per heavy atom. The lowest BCUT2D eigenvalue weighted by Gasteiger charge is -2.28. The molecule has 2 amide bonds. The Kier molecular flexibility index (Phi) is 7.36. The van der Waals surface area contributed by atoms with Crippen LogP contribution in [0.5, 0.6) is 0 Å². The molecule has 128 valence electrons. The summed E-state index contributed by atoms with van der Waals surface area (Å²) >= 11 is 0. The largest absolute Gasteiger partial charge is 0.392 e. The fourth-order valence-corrected chi connectivity index (χ4v) is 2.93. The van der Waals surface area contributed by atoms with Gasteiger partial charge < -0.3 is 20.6 Å². The predicted molar refractivity (Wildman–Crippen MR) is 92.3 cm³/mol. The Labute approximate surface area is 139 Å². The van der Waals surface area contributed by atoms with Gasteiger partial charge >= 0.3 is 6.03 Å². The van der Waals surface area contributed by atoms with E-state index in [0.717, 1.165) is 36.4 Å². The van der Waals surface area contributed by atoms with Crippen LogP contribution in [-0.4, -0.2) is 49.3 Å². The number of benzene rings is 1. The summed E-state index contributed by atoms with van der Waals surface area (Å²) in [5.74, 6) is 0.747. The van der Waals surface area contributed by atoms with E-state index >= 15 is 0 Å². The lowest BCUT2D eigenvalue weighted by molar-refractivity contribution is 0.209. The van der Waals surface area contributed by atoms with Crippen molar-refractivity contribution in [2.75, 3.05) is 33.2 Å². The summed E-state index contributed by atoms with van der Waals surface area (Å²) in [6.07, 6.45) is 4.35. The van der Waals surface area contributed by atoms with E-state index in [1.165, 1.54) is 25.9 Å². The zero-order chi connectivity index (χ0) is 16.5. The molecule has 1 aromatic rings. The van der Waals surface area contributed by atoms with Gasteiger partial charge in [-0.3, -0.25) is 0 Å². The highest BCUT2D eigenvalue weighted by Gasteiger charge is 2.16. The normalized spacial score (nSPS) is 16.3. The second-order valence-corrected chi connectivity index (χ2v) is 6.44. The lowest BCUT2D eigenvalue weighted by atomic mass is 9.94. The van der Waals surface area contributed by atoms with Gasteiger partial charge in [0.05, 0.1) is 6.61 Å². The fourth-order valence-electron chi connectivity index (χ4n) is 2.93. The number of nitrogens with zero attached hydrogens (tertiary/aromatic N) is 1. The molecule has 5 heteroatoms. The number of aliphatic hydroxyl groups excluding tert-OH is 1. The first-order valence-electron chi connectivity index (χ1n) is 8.56. The van der Waals surface area contributed by atoms with Crippen LogP contribution >= 0.6 is 0 Å². The van der Waals surface area contributed by atoms with E-state index in [4.69, 9.17) is 5.11 Å². The molecule has 3 N–H and O–H groups in total. The number of hydrogen-bond donors (Lipinski definition) is 3. The third-order valence-electron chi connectivity index (χ3n) is 4.58. The standard InChI is InChI=1S/C18H29N3O2/c1-21-12-8-16(9-13-21)7-11-20-18(23)19-10-6-15-2-4-17(14-22)5-3-15/h2-5,16,22H,6-14H2,1H3,(H2,19,20,23). The molecule has 5 nitrogen and oxygen atoms in total. The summed E-state index contributed by atoms with van der Waals surface area (Å²) in [6.45, 7) is 3.79. The molecule has 1 aliphatic rings. The summed E-state index contributed by atoms with van der Waals surface area (Å²) in [5, 5.41) is 14.8. The number of carbonyl (C=O) groups excluding carboxylic acids is 1. The van der Waals surface area contributed by atoms with Crippen LogP contribution in [0.3, 0.4) is 0 Å². The monoisotopic (exact) mass is 319 g/mol. The molecule has 1 aliphatic heterocycles. The van der Waals surface area contributed by atoms with E-state index in [1.54, 1.807) is 0 Å². The minimum absolute atomic E-state index is 0.0677. The molecule has 0 unspecified atom stereocenters. The van der Waals surface area contributed by atoms with Crippen LogP contribution in [-0.2, 0) is 13.0 Å². The molecular formula is C18H29N3O2. The smallest absolute Gasteiger partial charge is 0.314 e. The molecule has 1 fully saturated rings. The Morgan fingerprint density at radius 2 is 1.74 bits per heavy atom. The molecule has 1 saturated heterocycles. The number of amides is 2. The minimum atomic E-state index is -0.0788. The summed E-state index contributed by atoms with van der Waals surface area (Å²) in [6, 6.07) is 7.73. The maximum Gasteiger partial charge on any atom is 0.314 e. The second kappa shape index (κ2) is 9.53. The van der Waals surface area contributed by atoms with E-state index < -0.39 is 0 Å². The van der Waals surface area contributed by atoms with E-state index in [9.17, 15) is 4.79 Å². The molecule has 23 heavy (non-hydrogen) atoms. The Hall–Kier alpha value is -1.59. The van der Waals surface area contributed by atoms with Crippen molar-refractivity contribution in [2.45, 2.75) is 32.3 Å². The molecule has 0 spiro atoms. The number of hydrogen-bond acceptors (Lipinski definition) is 3. The number of nitrogens with one attached hydrogen (secondary N) is 2. The topological polar surface area (TPSA) is 64.6 Å². The molecule has 0 aliphatic carbocycles. The summed E-state index contributed by atoms with van der Waals surface area (Å²) in [4.78, 5) is 14.1. The first-order valence-corrected chi connectivity index (χ1v) is 8.56. The highest BCUT2D eigenvalue weighted by Crippen LogP contribution is 2.18. The molecule has 1 heterocycles. The average molecular weight is 319 g/mol. The van der Waals surface area contributed by atoms with Crippen molar-refractivity contribution in [1.82, 2.24) is 15.5 Å². The first-order chi connectivity index (χ1) is 11.2. The summed E-state index contributed by atoms with van der Waals surface area (Å²) in [5.41, 5.74) is 2.07. The van der Waals surface area contributed by atoms with Gasteiger partial charge in [-0.1, -0.05) is 24.3 Å². The Balaban J connectivity index is 1.54. The number of likely N-dealkylation sites (tertiary alicyclic amines) is 1. The van der Waals surface area contributed by atoms with Crippen molar-refractivity contribution in [3.8, 4) is 0 Å². The van der Waals surface area contributed by atoms with Gasteiger partial charge in [0.1, 0.15) is 0 Å². The van der Waals surface area contributed by atoms with Crippen LogP contribution in [0.25, 0.3) is 0 Å². The molecule has 2 rings (SSSR count). The number of carbonyl (C=O) groups is 1. The quantitative estimate of drug-likeness (QED) is 0.717. The number of aliphatic hydroxyl groups is 1. The van der Waals surface area contributed by atoms with Crippen molar-refractivity contribution in [1.29, 1.82) is 0 Å². The van der Waals surface area contributed by atoms with E-state index in [0.29, 0.717) is 6.54 Å². The minimum Gasteiger partial charge on any atom is -0.392 e. The van der Waals surface area contributed by atoms with Crippen LogP contribution in [0.2, 0.25) is 0 Å². The highest BCUT2D eigenvalue weighted by atomic mass is 16.3. The fraction of sp³-hybridized carbons (Fsp3) is 0.611. The van der Waals surface area contributed by atoms with E-state index in [-0.39, 0.29) is 12.6 Å². The van der Waals surface area contributed by atoms with Gasteiger partial charge in [-0.05, 0) is 62.9 Å². The lowest BCUT2D eigenvalue weighted by Crippen LogP contribution is -2.38. The zero-order valence-electron chi connectivity index (χ0n) is 14.1. The Morgan fingerprint density at radius 1 is 1.13 bits per heavy atom. The average Bonchev–Trinajstić information content (AvgIpc) is 2.57. The molecule has 0 bridgehead atoms. The second-order valence-electron chi connectivity index (χ2n) is 6.44. The van der Waals surface area contributed by atoms with E-state index in [2.05, 4.69) is 22.6 Å². The van der Waals surface area contributed by atoms with Crippen molar-refractivity contribution >= 4 is 6.03 Å². The van der Waals surface area contributed by atoms with Gasteiger partial charge in [0.25, 0.3) is 0 Å². The van der Waals surface area contributed by atoms with Crippen LogP contribution in [0.4, 0.5) is 4.79 Å². The van der Waals surface area contributed by atoms with Gasteiger partial charge in [0.2, 0.25) is 0 Å². The van der Waals surface area contributed by atoms with Crippen molar-refractivity contribution in [2.24, 2.45) is 5.92 Å². The number of rotatable bonds is 7. The van der Waals surface area contributed by atoms with Crippen LogP contribution < -0.4 is 10.6 Å². The number of piperidine rings is 1. The van der Waals surface area contributed by atoms with Gasteiger partial charge in [0.15, 0.2) is 0 Å². The SMILES string of the molecule is CN1CCC(CCNC(=O)NCCc2ccc(CO)cc2)CC1. The van der Waals surface area contributed by atoms with Crippen LogP contribution in [0.15, 0.2) is 24.3 Å². The molecule has 0 saturated carbocycles. The van der Waals surface area contributed by atoms with Gasteiger partial charge in [-0.15, -0.1) is 0 Å². The number of urea groups is 1. The van der Waals surface area contributed by atoms with E-state index in [1.807, 2.05) is 24.3 Å². The van der Waals surface area contributed by atoms with Crippen molar-refractivity contribution in [3.63, 3.8) is 0 Å².